The molecule has 0 saturated carbocycles. The second-order valence-electron chi connectivity index (χ2n) is 4.71. The zero-order chi connectivity index (χ0) is 12.0. The number of fused-ring (bicyclic) bond motifs is 1. The highest BCUT2D eigenvalue weighted by Gasteiger charge is 2.52. The molecular formula is C13H15NO3. The van der Waals surface area contributed by atoms with Crippen LogP contribution in [-0.2, 0) is 9.53 Å². The summed E-state index contributed by atoms with van der Waals surface area (Å²) < 4.78 is 5.69. The van der Waals surface area contributed by atoms with Gasteiger partial charge < -0.3 is 14.7 Å². The molecule has 17 heavy (non-hydrogen) atoms. The summed E-state index contributed by atoms with van der Waals surface area (Å²) in [5, 5.41) is 9.79. The van der Waals surface area contributed by atoms with E-state index in [1.807, 2.05) is 37.3 Å². The minimum absolute atomic E-state index is 0.00251. The predicted molar refractivity (Wildman–Crippen MR) is 60.9 cm³/mol. The molecule has 4 heteroatoms. The number of hydrogen-bond acceptors (Lipinski definition) is 3. The lowest BCUT2D eigenvalue weighted by molar-refractivity contribution is -0.141. The van der Waals surface area contributed by atoms with Crippen LogP contribution in [0, 0.1) is 5.92 Å². The summed E-state index contributed by atoms with van der Waals surface area (Å²) in [6.07, 6.45) is -1.22. The number of ether oxygens (including phenoxy) is 1. The van der Waals surface area contributed by atoms with Crippen LogP contribution in [0.1, 0.15) is 18.7 Å². The zero-order valence-electron chi connectivity index (χ0n) is 9.61. The molecule has 2 aliphatic heterocycles. The van der Waals surface area contributed by atoms with E-state index in [9.17, 15) is 9.90 Å². The lowest BCUT2D eigenvalue weighted by atomic mass is 10.0. The van der Waals surface area contributed by atoms with Crippen LogP contribution in [0.5, 0.6) is 0 Å². The number of rotatable bonds is 1. The van der Waals surface area contributed by atoms with Crippen molar-refractivity contribution in [2.24, 2.45) is 5.92 Å². The molecule has 4 atom stereocenters. The quantitative estimate of drug-likeness (QED) is 0.784. The molecule has 1 amide bonds. The molecule has 90 valence electrons. The fraction of sp³-hybridized carbons (Fsp3) is 0.462. The maximum atomic E-state index is 12.0. The summed E-state index contributed by atoms with van der Waals surface area (Å²) in [5.41, 5.74) is 0.963. The van der Waals surface area contributed by atoms with E-state index in [4.69, 9.17) is 4.74 Å². The van der Waals surface area contributed by atoms with E-state index < -0.39 is 6.10 Å². The minimum Gasteiger partial charge on any atom is -0.383 e. The molecule has 0 unspecified atom stereocenters. The third-order valence-electron chi connectivity index (χ3n) is 3.73. The predicted octanol–water partition coefficient (Wildman–Crippen LogP) is 0.923. The molecule has 1 aromatic rings. The Balaban J connectivity index is 1.93. The third-order valence-corrected chi connectivity index (χ3v) is 3.73. The van der Waals surface area contributed by atoms with Gasteiger partial charge in [0.15, 0.2) is 6.23 Å². The first-order chi connectivity index (χ1) is 8.20. The second-order valence-corrected chi connectivity index (χ2v) is 4.71. The van der Waals surface area contributed by atoms with Crippen molar-refractivity contribution < 1.29 is 14.6 Å². The van der Waals surface area contributed by atoms with Gasteiger partial charge in [0.1, 0.15) is 6.10 Å². The number of nitrogens with zero attached hydrogens (tertiary/aromatic N) is 1. The van der Waals surface area contributed by atoms with E-state index >= 15 is 0 Å². The first kappa shape index (κ1) is 10.7. The summed E-state index contributed by atoms with van der Waals surface area (Å²) in [5.74, 6) is -0.273. The fourth-order valence-electron chi connectivity index (χ4n) is 2.67. The molecule has 1 aromatic carbocycles. The van der Waals surface area contributed by atoms with Crippen LogP contribution < -0.4 is 0 Å². The van der Waals surface area contributed by atoms with Gasteiger partial charge >= 0.3 is 0 Å². The van der Waals surface area contributed by atoms with Gasteiger partial charge in [-0.15, -0.1) is 0 Å². The van der Waals surface area contributed by atoms with Gasteiger partial charge in [-0.2, -0.15) is 0 Å². The Hall–Kier alpha value is -1.39. The van der Waals surface area contributed by atoms with E-state index in [0.29, 0.717) is 6.61 Å². The molecular weight excluding hydrogens is 218 g/mol. The van der Waals surface area contributed by atoms with Crippen LogP contribution in [0.3, 0.4) is 0 Å². The van der Waals surface area contributed by atoms with Crippen molar-refractivity contribution in [2.75, 3.05) is 6.61 Å². The van der Waals surface area contributed by atoms with Gasteiger partial charge in [-0.25, -0.2) is 0 Å². The van der Waals surface area contributed by atoms with Gasteiger partial charge in [0.25, 0.3) is 5.91 Å². The molecule has 0 aromatic heterocycles. The van der Waals surface area contributed by atoms with Crippen molar-refractivity contribution in [1.82, 2.24) is 4.90 Å². The highest BCUT2D eigenvalue weighted by atomic mass is 16.5. The molecule has 2 fully saturated rings. The van der Waals surface area contributed by atoms with Gasteiger partial charge in [0.05, 0.1) is 12.6 Å². The molecule has 0 spiro atoms. The van der Waals surface area contributed by atoms with Gasteiger partial charge in [-0.1, -0.05) is 37.3 Å². The monoisotopic (exact) mass is 233 g/mol. The van der Waals surface area contributed by atoms with E-state index in [2.05, 4.69) is 0 Å². The van der Waals surface area contributed by atoms with E-state index in [0.717, 1.165) is 5.56 Å². The SMILES string of the molecule is C[C@@H]1[C@H](O)C(=O)N2[C@H](c3ccccc3)OC[C@@H]12. The lowest BCUT2D eigenvalue weighted by Crippen LogP contribution is -2.33. The Morgan fingerprint density at radius 1 is 1.35 bits per heavy atom. The summed E-state index contributed by atoms with van der Waals surface area (Å²) in [6, 6.07) is 9.66. The Morgan fingerprint density at radius 3 is 2.76 bits per heavy atom. The summed E-state index contributed by atoms with van der Waals surface area (Å²) in [6.45, 7) is 2.40. The number of hydrogen-bond donors (Lipinski definition) is 1. The molecule has 0 radical (unpaired) electrons. The summed E-state index contributed by atoms with van der Waals surface area (Å²) >= 11 is 0. The standard InChI is InChI=1S/C13H15NO3/c1-8-10-7-17-13(9-5-3-2-4-6-9)14(10)12(16)11(8)15/h2-6,8,10-11,13,15H,7H2,1H3/t8-,10-,11-,13-/m0/s1. The van der Waals surface area contributed by atoms with Gasteiger partial charge in [-0.3, -0.25) is 4.79 Å². The molecule has 2 saturated heterocycles. The summed E-state index contributed by atoms with van der Waals surface area (Å²) in [7, 11) is 0. The Labute approximate surface area is 99.8 Å². The third kappa shape index (κ3) is 1.48. The molecule has 2 aliphatic rings. The topological polar surface area (TPSA) is 49.8 Å². The van der Waals surface area contributed by atoms with E-state index in [1.165, 1.54) is 0 Å². The van der Waals surface area contributed by atoms with Gasteiger partial charge in [-0.05, 0) is 0 Å². The number of amides is 1. The van der Waals surface area contributed by atoms with Crippen LogP contribution in [0.2, 0.25) is 0 Å². The maximum Gasteiger partial charge on any atom is 0.254 e. The van der Waals surface area contributed by atoms with Crippen LogP contribution >= 0.6 is 0 Å². The number of benzene rings is 1. The van der Waals surface area contributed by atoms with Gasteiger partial charge in [0.2, 0.25) is 0 Å². The van der Waals surface area contributed by atoms with E-state index in [-0.39, 0.29) is 24.1 Å². The van der Waals surface area contributed by atoms with Crippen molar-refractivity contribution >= 4 is 5.91 Å². The first-order valence-electron chi connectivity index (χ1n) is 5.87. The smallest absolute Gasteiger partial charge is 0.254 e. The Morgan fingerprint density at radius 2 is 2.06 bits per heavy atom. The minimum atomic E-state index is -0.880. The molecule has 0 bridgehead atoms. The lowest BCUT2D eigenvalue weighted by Gasteiger charge is -2.22. The number of aliphatic hydroxyl groups is 1. The van der Waals surface area contributed by atoms with Crippen LogP contribution in [0.15, 0.2) is 30.3 Å². The first-order valence-corrected chi connectivity index (χ1v) is 5.87. The van der Waals surface area contributed by atoms with Crippen LogP contribution in [-0.4, -0.2) is 34.7 Å². The molecule has 4 nitrogen and oxygen atoms in total. The maximum absolute atomic E-state index is 12.0. The number of carbonyl (C=O) groups is 1. The highest BCUT2D eigenvalue weighted by molar-refractivity contribution is 5.84. The normalized spacial score (nSPS) is 36.4. The second kappa shape index (κ2) is 3.82. The molecule has 2 heterocycles. The number of aliphatic hydroxyl groups excluding tert-OH is 1. The fourth-order valence-corrected chi connectivity index (χ4v) is 2.67. The zero-order valence-corrected chi connectivity index (χ0v) is 9.61. The Bertz CT molecular complexity index is 434. The van der Waals surface area contributed by atoms with E-state index in [1.54, 1.807) is 4.90 Å². The van der Waals surface area contributed by atoms with Crippen molar-refractivity contribution in [1.29, 1.82) is 0 Å². The summed E-state index contributed by atoms with van der Waals surface area (Å²) in [4.78, 5) is 13.7. The largest absolute Gasteiger partial charge is 0.383 e. The Kier molecular flexibility index (Phi) is 2.42. The van der Waals surface area contributed by atoms with Gasteiger partial charge in [0, 0.05) is 11.5 Å². The van der Waals surface area contributed by atoms with Crippen LogP contribution in [0.4, 0.5) is 0 Å². The van der Waals surface area contributed by atoms with Crippen molar-refractivity contribution in [3.8, 4) is 0 Å². The average Bonchev–Trinajstić information content (AvgIpc) is 2.88. The number of carbonyl (C=O) groups excluding carboxylic acids is 1. The van der Waals surface area contributed by atoms with Crippen molar-refractivity contribution in [2.45, 2.75) is 25.3 Å². The molecule has 3 rings (SSSR count). The average molecular weight is 233 g/mol. The van der Waals surface area contributed by atoms with Crippen LogP contribution in [0.25, 0.3) is 0 Å². The highest BCUT2D eigenvalue weighted by Crippen LogP contribution is 2.39. The molecule has 1 N–H and O–H groups in total. The molecule has 0 aliphatic carbocycles. The van der Waals surface area contributed by atoms with Crippen molar-refractivity contribution in [3.63, 3.8) is 0 Å². The van der Waals surface area contributed by atoms with Crippen molar-refractivity contribution in [3.05, 3.63) is 35.9 Å².